The smallest absolute Gasteiger partial charge is 0.325 e. The molecule has 2 rings (SSSR count). The summed E-state index contributed by atoms with van der Waals surface area (Å²) in [4.78, 5) is 24.2. The molecule has 1 aliphatic rings. The maximum Gasteiger partial charge on any atom is 0.325 e. The predicted molar refractivity (Wildman–Crippen MR) is 105 cm³/mol. The van der Waals surface area contributed by atoms with Gasteiger partial charge in [0.15, 0.2) is 0 Å². The Hall–Kier alpha value is -1.58. The molecule has 9 heteroatoms. The predicted octanol–water partition coefficient (Wildman–Crippen LogP) is 1.46. The molecule has 1 amide bonds. The van der Waals surface area contributed by atoms with E-state index in [1.807, 2.05) is 13.2 Å². The van der Waals surface area contributed by atoms with Crippen LogP contribution in [-0.2, 0) is 24.3 Å². The molecular weight excluding hydrogens is 388 g/mol. The first-order valence-electron chi connectivity index (χ1n) is 8.83. The van der Waals surface area contributed by atoms with Crippen LogP contribution in [0.3, 0.4) is 0 Å². The monoisotopic (exact) mass is 414 g/mol. The van der Waals surface area contributed by atoms with Crippen LogP contribution in [0.25, 0.3) is 0 Å². The van der Waals surface area contributed by atoms with Gasteiger partial charge in [0.05, 0.1) is 11.5 Å². The normalized spacial score (nSPS) is 15.2. The zero-order valence-corrected chi connectivity index (χ0v) is 17.2. The quantitative estimate of drug-likeness (QED) is 0.532. The van der Waals surface area contributed by atoms with Crippen LogP contribution < -0.4 is 10.0 Å². The van der Waals surface area contributed by atoms with Gasteiger partial charge < -0.3 is 10.1 Å². The van der Waals surface area contributed by atoms with E-state index in [0.29, 0.717) is 24.7 Å². The van der Waals surface area contributed by atoms with Crippen LogP contribution in [0.4, 0.5) is 0 Å². The van der Waals surface area contributed by atoms with Gasteiger partial charge in [0.1, 0.15) is 12.6 Å². The van der Waals surface area contributed by atoms with Crippen molar-refractivity contribution in [1.29, 1.82) is 0 Å². The molecule has 7 nitrogen and oxygen atoms in total. The molecule has 1 fully saturated rings. The summed E-state index contributed by atoms with van der Waals surface area (Å²) in [5.74, 6) is -0.00987. The van der Waals surface area contributed by atoms with Gasteiger partial charge in [0, 0.05) is 0 Å². The molecule has 0 aliphatic heterocycles. The number of thioether (sulfide) groups is 1. The first-order valence-corrected chi connectivity index (χ1v) is 11.7. The van der Waals surface area contributed by atoms with Gasteiger partial charge >= 0.3 is 5.97 Å². The second-order valence-corrected chi connectivity index (χ2v) is 9.31. The van der Waals surface area contributed by atoms with E-state index in [9.17, 15) is 18.0 Å². The Morgan fingerprint density at radius 2 is 1.93 bits per heavy atom. The van der Waals surface area contributed by atoms with E-state index >= 15 is 0 Å². The van der Waals surface area contributed by atoms with E-state index < -0.39 is 27.9 Å². The molecule has 0 spiro atoms. The van der Waals surface area contributed by atoms with Gasteiger partial charge in [0.2, 0.25) is 15.9 Å². The first-order chi connectivity index (χ1) is 12.8. The Kier molecular flexibility index (Phi) is 8.12. The fourth-order valence-corrected chi connectivity index (χ4v) is 3.98. The summed E-state index contributed by atoms with van der Waals surface area (Å²) < 4.78 is 32.6. The minimum atomic E-state index is -3.84. The molecule has 0 radical (unpaired) electrons. The summed E-state index contributed by atoms with van der Waals surface area (Å²) in [7, 11) is -3.84. The summed E-state index contributed by atoms with van der Waals surface area (Å²) in [6, 6.07) is 5.43. The summed E-state index contributed by atoms with van der Waals surface area (Å²) in [5.41, 5.74) is 0.940. The average Bonchev–Trinajstić information content (AvgIpc) is 3.46. The second-order valence-electron chi connectivity index (χ2n) is 6.61. The van der Waals surface area contributed by atoms with Crippen molar-refractivity contribution in [2.24, 2.45) is 5.92 Å². The highest BCUT2D eigenvalue weighted by Crippen LogP contribution is 2.28. The maximum absolute atomic E-state index is 12.6. The van der Waals surface area contributed by atoms with Gasteiger partial charge in [0.25, 0.3) is 0 Å². The van der Waals surface area contributed by atoms with Crippen LogP contribution >= 0.6 is 11.8 Å². The molecule has 0 saturated heterocycles. The van der Waals surface area contributed by atoms with E-state index in [4.69, 9.17) is 4.74 Å². The molecule has 1 aliphatic carbocycles. The molecule has 0 aromatic heterocycles. The highest BCUT2D eigenvalue weighted by atomic mass is 32.2. The highest BCUT2D eigenvalue weighted by Gasteiger charge is 2.26. The summed E-state index contributed by atoms with van der Waals surface area (Å²) in [5, 5.41) is 2.47. The summed E-state index contributed by atoms with van der Waals surface area (Å²) in [6.45, 7) is 1.97. The van der Waals surface area contributed by atoms with Crippen molar-refractivity contribution in [3.63, 3.8) is 0 Å². The number of rotatable bonds is 11. The number of carbonyl (C=O) groups is 2. The van der Waals surface area contributed by atoms with Crippen molar-refractivity contribution in [2.75, 3.05) is 25.2 Å². The Labute approximate surface area is 164 Å². The van der Waals surface area contributed by atoms with Gasteiger partial charge in [-0.05, 0) is 56.2 Å². The third-order valence-electron chi connectivity index (χ3n) is 4.14. The van der Waals surface area contributed by atoms with E-state index in [-0.39, 0.29) is 11.4 Å². The maximum atomic E-state index is 12.6. The number of nitrogens with one attached hydrogen (secondary N) is 2. The third-order valence-corrected chi connectivity index (χ3v) is 6.27. The van der Waals surface area contributed by atoms with Crippen molar-refractivity contribution < 1.29 is 22.7 Å². The van der Waals surface area contributed by atoms with Crippen molar-refractivity contribution in [3.05, 3.63) is 29.8 Å². The number of amides is 1. The van der Waals surface area contributed by atoms with Gasteiger partial charge in [-0.15, -0.1) is 0 Å². The Morgan fingerprint density at radius 3 is 2.52 bits per heavy atom. The lowest BCUT2D eigenvalue weighted by Crippen LogP contribution is -2.48. The van der Waals surface area contributed by atoms with Crippen LogP contribution in [-0.4, -0.2) is 51.5 Å². The second kappa shape index (κ2) is 10.1. The zero-order chi connectivity index (χ0) is 19.9. The van der Waals surface area contributed by atoms with Crippen molar-refractivity contribution in [3.8, 4) is 0 Å². The standard InChI is InChI=1S/C18H26N2O5S2/c1-13-3-7-15(8-4-13)27(23,24)20-16(9-10-26-2)18(22)19-11-17(21)25-12-14-5-6-14/h3-4,7-8,14,16,20H,5-6,9-12H2,1-2H3,(H,19,22). The Morgan fingerprint density at radius 1 is 1.26 bits per heavy atom. The lowest BCUT2D eigenvalue weighted by Gasteiger charge is -2.18. The molecule has 0 heterocycles. The Bertz CT molecular complexity index is 746. The lowest BCUT2D eigenvalue weighted by molar-refractivity contribution is -0.144. The number of aryl methyl sites for hydroxylation is 1. The zero-order valence-electron chi connectivity index (χ0n) is 15.6. The molecule has 2 N–H and O–H groups in total. The van der Waals surface area contributed by atoms with Crippen molar-refractivity contribution in [2.45, 2.75) is 37.1 Å². The SMILES string of the molecule is CSCCC(NS(=O)(=O)c1ccc(C)cc1)C(=O)NCC(=O)OCC1CC1. The number of carbonyl (C=O) groups excluding carboxylic acids is 2. The molecule has 1 unspecified atom stereocenters. The van der Waals surface area contributed by atoms with Crippen molar-refractivity contribution in [1.82, 2.24) is 10.0 Å². The molecular formula is C18H26N2O5S2. The van der Waals surface area contributed by atoms with Gasteiger partial charge in [-0.1, -0.05) is 17.7 Å². The highest BCUT2D eigenvalue weighted by molar-refractivity contribution is 7.98. The topological polar surface area (TPSA) is 102 Å². The van der Waals surface area contributed by atoms with Crippen LogP contribution in [0.15, 0.2) is 29.2 Å². The molecule has 1 aromatic rings. The summed E-state index contributed by atoms with van der Waals surface area (Å²) >= 11 is 1.51. The molecule has 0 bridgehead atoms. The molecule has 27 heavy (non-hydrogen) atoms. The van der Waals surface area contributed by atoms with E-state index in [2.05, 4.69) is 10.0 Å². The minimum Gasteiger partial charge on any atom is -0.464 e. The number of ether oxygens (including phenoxy) is 1. The van der Waals surface area contributed by atoms with Gasteiger partial charge in [-0.3, -0.25) is 9.59 Å². The van der Waals surface area contributed by atoms with E-state index in [1.165, 1.54) is 23.9 Å². The van der Waals surface area contributed by atoms with E-state index in [1.54, 1.807) is 12.1 Å². The minimum absolute atomic E-state index is 0.0962. The van der Waals surface area contributed by atoms with E-state index in [0.717, 1.165) is 18.4 Å². The number of esters is 1. The van der Waals surface area contributed by atoms with Crippen LogP contribution in [0, 0.1) is 12.8 Å². The molecule has 1 atom stereocenters. The number of benzene rings is 1. The average molecular weight is 415 g/mol. The lowest BCUT2D eigenvalue weighted by atomic mass is 10.2. The van der Waals surface area contributed by atoms with Gasteiger partial charge in [-0.2, -0.15) is 16.5 Å². The van der Waals surface area contributed by atoms with Crippen molar-refractivity contribution >= 4 is 33.7 Å². The third kappa shape index (κ3) is 7.51. The Balaban J connectivity index is 1.94. The number of hydrogen-bond donors (Lipinski definition) is 2. The fraction of sp³-hybridized carbons (Fsp3) is 0.556. The first kappa shape index (κ1) is 21.7. The van der Waals surface area contributed by atoms with Gasteiger partial charge in [-0.25, -0.2) is 8.42 Å². The van der Waals surface area contributed by atoms with Crippen LogP contribution in [0.1, 0.15) is 24.8 Å². The number of sulfonamides is 1. The van der Waals surface area contributed by atoms with Crippen LogP contribution in [0.5, 0.6) is 0 Å². The number of hydrogen-bond acceptors (Lipinski definition) is 6. The fourth-order valence-electron chi connectivity index (χ4n) is 2.28. The molecule has 150 valence electrons. The van der Waals surface area contributed by atoms with Crippen LogP contribution in [0.2, 0.25) is 0 Å². The molecule has 1 aromatic carbocycles. The largest absolute Gasteiger partial charge is 0.464 e. The summed E-state index contributed by atoms with van der Waals surface area (Å²) in [6.07, 6.45) is 4.32. The molecule has 1 saturated carbocycles.